The van der Waals surface area contributed by atoms with Gasteiger partial charge in [-0.05, 0) is 57.1 Å². The summed E-state index contributed by atoms with van der Waals surface area (Å²) in [4.78, 5) is 0. The van der Waals surface area contributed by atoms with Crippen LogP contribution >= 0.6 is 0 Å². The minimum Gasteiger partial charge on any atom is -0.369 e. The van der Waals surface area contributed by atoms with Gasteiger partial charge >= 0.3 is 0 Å². The van der Waals surface area contributed by atoms with Crippen LogP contribution in [0.25, 0.3) is 55.2 Å². The van der Waals surface area contributed by atoms with Crippen LogP contribution in [0, 0.1) is 0 Å². The van der Waals surface area contributed by atoms with Crippen LogP contribution in [0.4, 0.5) is 0 Å². The molecule has 8 rings (SSSR count). The SMILES string of the molecule is CC1(C)c2ccccc2-c2cc3c4cccc5c4n(c3cc21)C(O)c1ccc(-c2ccccc2)cc1-5. The average molecular weight is 464 g/mol. The predicted octanol–water partition coefficient (Wildman–Crippen LogP) is 8.29. The minimum absolute atomic E-state index is 0.0816. The first-order valence-corrected chi connectivity index (χ1v) is 12.6. The Morgan fingerprint density at radius 2 is 1.39 bits per heavy atom. The number of rotatable bonds is 1. The summed E-state index contributed by atoms with van der Waals surface area (Å²) in [6.45, 7) is 4.62. The number of hydrogen-bond donors (Lipinski definition) is 1. The molecule has 6 aromatic rings. The summed E-state index contributed by atoms with van der Waals surface area (Å²) in [6, 6.07) is 36.9. The maximum atomic E-state index is 11.8. The van der Waals surface area contributed by atoms with E-state index in [1.165, 1.54) is 49.7 Å². The number of aliphatic hydroxyl groups is 1. The average Bonchev–Trinajstić information content (AvgIpc) is 3.36. The standard InChI is InChI=1S/C34H25NO/c1-34(2)29-14-7-6-11-22(29)27-18-28-24-13-8-12-23-26-17-21(20-9-4-3-5-10-20)15-16-25(26)33(36)35(32(23)24)31(28)19-30(27)34/h3-19,33,36H,1-2H3. The highest BCUT2D eigenvalue weighted by Crippen LogP contribution is 2.52. The molecule has 0 fully saturated rings. The van der Waals surface area contributed by atoms with Crippen molar-refractivity contribution in [3.63, 3.8) is 0 Å². The Bertz CT molecular complexity index is 1870. The number of hydrogen-bond acceptors (Lipinski definition) is 1. The van der Waals surface area contributed by atoms with Crippen molar-refractivity contribution >= 4 is 21.8 Å². The van der Waals surface area contributed by atoms with E-state index in [2.05, 4.69) is 115 Å². The van der Waals surface area contributed by atoms with E-state index < -0.39 is 6.23 Å². The number of para-hydroxylation sites is 1. The number of fused-ring (bicyclic) bond motifs is 8. The molecule has 0 saturated carbocycles. The van der Waals surface area contributed by atoms with Gasteiger partial charge in [0.2, 0.25) is 0 Å². The highest BCUT2D eigenvalue weighted by molar-refractivity contribution is 6.15. The molecule has 1 atom stereocenters. The van der Waals surface area contributed by atoms with Gasteiger partial charge in [-0.3, -0.25) is 0 Å². The van der Waals surface area contributed by atoms with Crippen LogP contribution < -0.4 is 0 Å². The van der Waals surface area contributed by atoms with Crippen molar-refractivity contribution in [3.8, 4) is 33.4 Å². The molecule has 0 radical (unpaired) electrons. The third-order valence-electron chi connectivity index (χ3n) is 8.50. The topological polar surface area (TPSA) is 25.2 Å². The van der Waals surface area contributed by atoms with Crippen LogP contribution in [0.2, 0.25) is 0 Å². The Kier molecular flexibility index (Phi) is 3.77. The first-order valence-electron chi connectivity index (χ1n) is 12.6. The molecular formula is C34H25NO. The van der Waals surface area contributed by atoms with E-state index in [1.54, 1.807) is 0 Å². The Morgan fingerprint density at radius 1 is 0.611 bits per heavy atom. The Hall–Kier alpha value is -4.14. The predicted molar refractivity (Wildman–Crippen MR) is 148 cm³/mol. The fourth-order valence-corrected chi connectivity index (χ4v) is 6.73. The maximum absolute atomic E-state index is 11.8. The molecule has 1 unspecified atom stereocenters. The van der Waals surface area contributed by atoms with Crippen LogP contribution in [0.3, 0.4) is 0 Å². The van der Waals surface area contributed by atoms with Crippen LogP contribution in [0.1, 0.15) is 36.8 Å². The number of benzene rings is 5. The van der Waals surface area contributed by atoms with E-state index in [1.807, 2.05) is 6.07 Å². The number of aliphatic hydroxyl groups excluding tert-OH is 1. The highest BCUT2D eigenvalue weighted by Gasteiger charge is 2.37. The molecule has 36 heavy (non-hydrogen) atoms. The molecule has 5 aromatic carbocycles. The van der Waals surface area contributed by atoms with Gasteiger partial charge in [-0.15, -0.1) is 0 Å². The molecule has 0 amide bonds. The van der Waals surface area contributed by atoms with Crippen molar-refractivity contribution in [2.24, 2.45) is 0 Å². The molecule has 2 heteroatoms. The molecule has 2 nitrogen and oxygen atoms in total. The minimum atomic E-state index is -0.732. The first kappa shape index (κ1) is 20.1. The normalized spacial score (nSPS) is 16.7. The van der Waals surface area contributed by atoms with Crippen molar-refractivity contribution in [2.45, 2.75) is 25.5 Å². The van der Waals surface area contributed by atoms with Gasteiger partial charge < -0.3 is 9.67 Å². The van der Waals surface area contributed by atoms with E-state index >= 15 is 0 Å². The summed E-state index contributed by atoms with van der Waals surface area (Å²) in [5.41, 5.74) is 13.1. The zero-order valence-electron chi connectivity index (χ0n) is 20.3. The third-order valence-corrected chi connectivity index (χ3v) is 8.50. The zero-order chi connectivity index (χ0) is 24.2. The third kappa shape index (κ3) is 2.40. The molecule has 1 N–H and O–H groups in total. The van der Waals surface area contributed by atoms with Crippen LogP contribution in [-0.4, -0.2) is 9.67 Å². The van der Waals surface area contributed by atoms with Gasteiger partial charge in [-0.25, -0.2) is 0 Å². The van der Waals surface area contributed by atoms with E-state index in [9.17, 15) is 5.11 Å². The lowest BCUT2D eigenvalue weighted by molar-refractivity contribution is 0.155. The van der Waals surface area contributed by atoms with Gasteiger partial charge in [0.15, 0.2) is 6.23 Å². The van der Waals surface area contributed by atoms with Crippen molar-refractivity contribution < 1.29 is 5.11 Å². The quantitative estimate of drug-likeness (QED) is 0.261. The Labute approximate surface area is 210 Å². The van der Waals surface area contributed by atoms with Gasteiger partial charge in [0.25, 0.3) is 0 Å². The molecule has 1 aliphatic carbocycles. The molecule has 0 bridgehead atoms. The summed E-state index contributed by atoms with van der Waals surface area (Å²) in [5, 5.41) is 14.2. The van der Waals surface area contributed by atoms with E-state index in [-0.39, 0.29) is 5.41 Å². The molecule has 172 valence electrons. The largest absolute Gasteiger partial charge is 0.369 e. The van der Waals surface area contributed by atoms with E-state index in [0.29, 0.717) is 0 Å². The lowest BCUT2D eigenvalue weighted by Crippen LogP contribution is -2.17. The number of nitrogens with zero attached hydrogens (tertiary/aromatic N) is 1. The summed E-state index contributed by atoms with van der Waals surface area (Å²) in [6.07, 6.45) is -0.732. The molecule has 1 aromatic heterocycles. The Morgan fingerprint density at radius 3 is 2.25 bits per heavy atom. The highest BCUT2D eigenvalue weighted by atomic mass is 16.3. The Balaban J connectivity index is 1.45. The van der Waals surface area contributed by atoms with Gasteiger partial charge in [0.1, 0.15) is 0 Å². The van der Waals surface area contributed by atoms with E-state index in [0.717, 1.165) is 22.2 Å². The molecular weight excluding hydrogens is 438 g/mol. The van der Waals surface area contributed by atoms with E-state index in [4.69, 9.17) is 0 Å². The molecule has 0 saturated heterocycles. The fourth-order valence-electron chi connectivity index (χ4n) is 6.73. The lowest BCUT2D eigenvalue weighted by atomic mass is 9.82. The van der Waals surface area contributed by atoms with Gasteiger partial charge in [-0.1, -0.05) is 98.8 Å². The van der Waals surface area contributed by atoms with Gasteiger partial charge in [-0.2, -0.15) is 0 Å². The molecule has 2 heterocycles. The van der Waals surface area contributed by atoms with Crippen molar-refractivity contribution in [2.75, 3.05) is 0 Å². The fraction of sp³-hybridized carbons (Fsp3) is 0.118. The second kappa shape index (κ2) is 6.75. The van der Waals surface area contributed by atoms with Crippen molar-refractivity contribution in [1.29, 1.82) is 0 Å². The van der Waals surface area contributed by atoms with Crippen LogP contribution in [0.5, 0.6) is 0 Å². The molecule has 1 aliphatic heterocycles. The summed E-state index contributed by atoms with van der Waals surface area (Å²) in [5.74, 6) is 0. The second-order valence-corrected chi connectivity index (χ2v) is 10.7. The second-order valence-electron chi connectivity index (χ2n) is 10.7. The summed E-state index contributed by atoms with van der Waals surface area (Å²) >= 11 is 0. The van der Waals surface area contributed by atoms with Gasteiger partial charge in [0, 0.05) is 27.3 Å². The molecule has 0 spiro atoms. The summed E-state index contributed by atoms with van der Waals surface area (Å²) in [7, 11) is 0. The summed E-state index contributed by atoms with van der Waals surface area (Å²) < 4.78 is 2.16. The maximum Gasteiger partial charge on any atom is 0.158 e. The van der Waals surface area contributed by atoms with Crippen LogP contribution in [-0.2, 0) is 5.41 Å². The van der Waals surface area contributed by atoms with Gasteiger partial charge in [0.05, 0.1) is 11.0 Å². The first-order chi connectivity index (χ1) is 17.5. The van der Waals surface area contributed by atoms with Crippen LogP contribution in [0.15, 0.2) is 103 Å². The van der Waals surface area contributed by atoms with Crippen molar-refractivity contribution in [1.82, 2.24) is 4.57 Å². The number of aromatic nitrogens is 1. The molecule has 2 aliphatic rings. The smallest absolute Gasteiger partial charge is 0.158 e. The lowest BCUT2D eigenvalue weighted by Gasteiger charge is -2.27. The zero-order valence-corrected chi connectivity index (χ0v) is 20.3. The monoisotopic (exact) mass is 463 g/mol. The van der Waals surface area contributed by atoms with Crippen molar-refractivity contribution in [3.05, 3.63) is 120 Å².